The Labute approximate surface area is 98.5 Å². The summed E-state index contributed by atoms with van der Waals surface area (Å²) in [5.74, 6) is 5.85. The van der Waals surface area contributed by atoms with Gasteiger partial charge in [-0.2, -0.15) is 0 Å². The molecule has 16 heavy (non-hydrogen) atoms. The fraction of sp³-hybridized carbons (Fsp3) is 0.467. The minimum atomic E-state index is -0.351. The van der Waals surface area contributed by atoms with Crippen molar-refractivity contribution in [2.45, 2.75) is 45.1 Å². The molecule has 1 unspecified atom stereocenters. The fourth-order valence-corrected chi connectivity index (χ4v) is 1.75. The van der Waals surface area contributed by atoms with Gasteiger partial charge in [-0.25, -0.2) is 0 Å². The van der Waals surface area contributed by atoms with Crippen LogP contribution in [-0.2, 0) is 5.41 Å². The predicted octanol–water partition coefficient (Wildman–Crippen LogP) is 3.13. The van der Waals surface area contributed by atoms with Gasteiger partial charge >= 0.3 is 0 Å². The van der Waals surface area contributed by atoms with Crippen LogP contribution in [0.1, 0.15) is 39.2 Å². The molecule has 0 fully saturated rings. The van der Waals surface area contributed by atoms with Crippen LogP contribution in [-0.4, -0.2) is 11.2 Å². The van der Waals surface area contributed by atoms with Crippen molar-refractivity contribution in [3.8, 4) is 11.8 Å². The van der Waals surface area contributed by atoms with Gasteiger partial charge in [-0.15, -0.1) is 11.8 Å². The highest BCUT2D eigenvalue weighted by Gasteiger charge is 2.28. The molecule has 0 heterocycles. The average Bonchev–Trinajstić information content (AvgIpc) is 2.30. The molecule has 1 aromatic rings. The maximum Gasteiger partial charge on any atom is 0.0640 e. The summed E-state index contributed by atoms with van der Waals surface area (Å²) in [6.07, 6.45) is 1.13. The Hall–Kier alpha value is -1.26. The minimum Gasteiger partial charge on any atom is -0.392 e. The average molecular weight is 216 g/mol. The van der Waals surface area contributed by atoms with Crippen molar-refractivity contribution in [1.82, 2.24) is 0 Å². The third-order valence-corrected chi connectivity index (χ3v) is 3.07. The Morgan fingerprint density at radius 1 is 1.25 bits per heavy atom. The molecule has 1 atom stereocenters. The van der Waals surface area contributed by atoms with Gasteiger partial charge in [0.2, 0.25) is 0 Å². The van der Waals surface area contributed by atoms with Crippen molar-refractivity contribution >= 4 is 0 Å². The maximum atomic E-state index is 10.2. The topological polar surface area (TPSA) is 20.2 Å². The highest BCUT2D eigenvalue weighted by atomic mass is 16.3. The lowest BCUT2D eigenvalue weighted by molar-refractivity contribution is 0.0927. The summed E-state index contributed by atoms with van der Waals surface area (Å²) in [6.45, 7) is 5.98. The standard InChI is InChI=1S/C15H20O/c1-4-5-7-12-14(16)15(2,3)13-10-8-6-9-11-13/h6,8-11,14,16H,7,12H2,1-3H3. The second-order valence-corrected chi connectivity index (χ2v) is 4.57. The second-order valence-electron chi connectivity index (χ2n) is 4.57. The highest BCUT2D eigenvalue weighted by molar-refractivity contribution is 5.25. The van der Waals surface area contributed by atoms with E-state index in [0.717, 1.165) is 12.8 Å². The summed E-state index contributed by atoms with van der Waals surface area (Å²) < 4.78 is 0. The van der Waals surface area contributed by atoms with Crippen molar-refractivity contribution in [3.05, 3.63) is 35.9 Å². The first kappa shape index (κ1) is 12.8. The zero-order chi connectivity index (χ0) is 12.0. The molecule has 0 aliphatic rings. The lowest BCUT2D eigenvalue weighted by Gasteiger charge is -2.30. The summed E-state index contributed by atoms with van der Waals surface area (Å²) in [6, 6.07) is 10.1. The van der Waals surface area contributed by atoms with Gasteiger partial charge < -0.3 is 5.11 Å². The zero-order valence-electron chi connectivity index (χ0n) is 10.3. The molecule has 0 aromatic heterocycles. The van der Waals surface area contributed by atoms with Crippen LogP contribution in [0.2, 0.25) is 0 Å². The van der Waals surface area contributed by atoms with Crippen LogP contribution in [0.5, 0.6) is 0 Å². The maximum absolute atomic E-state index is 10.2. The smallest absolute Gasteiger partial charge is 0.0640 e. The molecular formula is C15H20O. The van der Waals surface area contributed by atoms with E-state index in [4.69, 9.17) is 0 Å². The molecule has 0 bridgehead atoms. The molecular weight excluding hydrogens is 196 g/mol. The minimum absolute atomic E-state index is 0.212. The molecule has 0 aliphatic heterocycles. The monoisotopic (exact) mass is 216 g/mol. The number of hydrogen-bond donors (Lipinski definition) is 1. The molecule has 0 amide bonds. The predicted molar refractivity (Wildman–Crippen MR) is 68.2 cm³/mol. The molecule has 0 radical (unpaired) electrons. The highest BCUT2D eigenvalue weighted by Crippen LogP contribution is 2.29. The van der Waals surface area contributed by atoms with E-state index in [-0.39, 0.29) is 11.5 Å². The number of aliphatic hydroxyl groups excluding tert-OH is 1. The van der Waals surface area contributed by atoms with Crippen molar-refractivity contribution in [1.29, 1.82) is 0 Å². The van der Waals surface area contributed by atoms with Gasteiger partial charge in [0.15, 0.2) is 0 Å². The van der Waals surface area contributed by atoms with Crippen molar-refractivity contribution in [2.75, 3.05) is 0 Å². The van der Waals surface area contributed by atoms with Gasteiger partial charge in [-0.05, 0) is 18.9 Å². The molecule has 0 saturated heterocycles. The number of hydrogen-bond acceptors (Lipinski definition) is 1. The second kappa shape index (κ2) is 5.72. The molecule has 0 saturated carbocycles. The summed E-state index contributed by atoms with van der Waals surface area (Å²) in [4.78, 5) is 0. The van der Waals surface area contributed by atoms with Gasteiger partial charge in [0.05, 0.1) is 6.10 Å². The molecule has 1 heteroatoms. The van der Waals surface area contributed by atoms with E-state index in [1.807, 2.05) is 25.1 Å². The summed E-state index contributed by atoms with van der Waals surface area (Å²) in [5, 5.41) is 10.2. The third-order valence-electron chi connectivity index (χ3n) is 3.07. The van der Waals surface area contributed by atoms with Crippen LogP contribution < -0.4 is 0 Å². The van der Waals surface area contributed by atoms with E-state index < -0.39 is 0 Å². The SMILES string of the molecule is CC#CCCC(O)C(C)(C)c1ccccc1. The number of benzene rings is 1. The normalized spacial score (nSPS) is 12.8. The quantitative estimate of drug-likeness (QED) is 0.767. The fourth-order valence-electron chi connectivity index (χ4n) is 1.75. The van der Waals surface area contributed by atoms with E-state index in [2.05, 4.69) is 37.8 Å². The first-order valence-electron chi connectivity index (χ1n) is 5.72. The molecule has 0 aliphatic carbocycles. The van der Waals surface area contributed by atoms with Gasteiger partial charge in [0.1, 0.15) is 0 Å². The van der Waals surface area contributed by atoms with Crippen molar-refractivity contribution in [3.63, 3.8) is 0 Å². The van der Waals surface area contributed by atoms with Crippen LogP contribution in [0.15, 0.2) is 30.3 Å². The number of aliphatic hydroxyl groups is 1. The van der Waals surface area contributed by atoms with Crippen LogP contribution >= 0.6 is 0 Å². The molecule has 1 aromatic carbocycles. The summed E-state index contributed by atoms with van der Waals surface area (Å²) in [5.41, 5.74) is 0.961. The molecule has 1 N–H and O–H groups in total. The Bertz CT molecular complexity index is 367. The van der Waals surface area contributed by atoms with E-state index in [9.17, 15) is 5.11 Å². The lowest BCUT2D eigenvalue weighted by Crippen LogP contribution is -2.33. The first-order valence-corrected chi connectivity index (χ1v) is 5.72. The lowest BCUT2D eigenvalue weighted by atomic mass is 9.78. The van der Waals surface area contributed by atoms with E-state index in [1.54, 1.807) is 0 Å². The van der Waals surface area contributed by atoms with Crippen LogP contribution in [0.4, 0.5) is 0 Å². The van der Waals surface area contributed by atoms with Crippen molar-refractivity contribution < 1.29 is 5.11 Å². The van der Waals surface area contributed by atoms with Gasteiger partial charge in [0.25, 0.3) is 0 Å². The largest absolute Gasteiger partial charge is 0.392 e. The molecule has 1 nitrogen and oxygen atoms in total. The van der Waals surface area contributed by atoms with E-state index in [1.165, 1.54) is 5.56 Å². The Morgan fingerprint density at radius 3 is 2.44 bits per heavy atom. The summed E-state index contributed by atoms with van der Waals surface area (Å²) >= 11 is 0. The van der Waals surface area contributed by atoms with Crippen LogP contribution in [0, 0.1) is 11.8 Å². The Morgan fingerprint density at radius 2 is 1.88 bits per heavy atom. The Kier molecular flexibility index (Phi) is 4.58. The van der Waals surface area contributed by atoms with Gasteiger partial charge in [-0.3, -0.25) is 0 Å². The Balaban J connectivity index is 2.72. The molecule has 1 rings (SSSR count). The molecule has 86 valence electrons. The van der Waals surface area contributed by atoms with Crippen LogP contribution in [0.3, 0.4) is 0 Å². The summed E-state index contributed by atoms with van der Waals surface area (Å²) in [7, 11) is 0. The van der Waals surface area contributed by atoms with Gasteiger partial charge in [0, 0.05) is 11.8 Å². The van der Waals surface area contributed by atoms with Crippen molar-refractivity contribution in [2.24, 2.45) is 0 Å². The third kappa shape index (κ3) is 3.12. The van der Waals surface area contributed by atoms with E-state index in [0.29, 0.717) is 0 Å². The van der Waals surface area contributed by atoms with Crippen LogP contribution in [0.25, 0.3) is 0 Å². The number of rotatable bonds is 4. The zero-order valence-corrected chi connectivity index (χ0v) is 10.3. The van der Waals surface area contributed by atoms with Gasteiger partial charge in [-0.1, -0.05) is 44.2 Å². The first-order chi connectivity index (χ1) is 7.59. The van der Waals surface area contributed by atoms with E-state index >= 15 is 0 Å². The molecule has 0 spiro atoms.